The van der Waals surface area contributed by atoms with Gasteiger partial charge in [0, 0.05) is 30.4 Å². The van der Waals surface area contributed by atoms with E-state index in [2.05, 4.69) is 15.4 Å². The number of carbonyl (C=O) groups excluding carboxylic acids is 1. The molecule has 28 heavy (non-hydrogen) atoms. The van der Waals surface area contributed by atoms with Gasteiger partial charge in [0.05, 0.1) is 19.9 Å². The lowest BCUT2D eigenvalue weighted by Gasteiger charge is -2.12. The van der Waals surface area contributed by atoms with Gasteiger partial charge in [-0.2, -0.15) is 5.10 Å². The molecule has 0 aliphatic rings. The highest BCUT2D eigenvalue weighted by Crippen LogP contribution is 2.27. The molecule has 0 aliphatic heterocycles. The van der Waals surface area contributed by atoms with Gasteiger partial charge in [-0.25, -0.2) is 9.50 Å². The molecule has 1 N–H and O–H groups in total. The summed E-state index contributed by atoms with van der Waals surface area (Å²) in [5.74, 6) is 1.31. The molecule has 0 fully saturated rings. The Morgan fingerprint density at radius 2 is 1.86 bits per heavy atom. The first-order valence-electron chi connectivity index (χ1n) is 9.23. The first-order chi connectivity index (χ1) is 13.4. The number of hydrogen-bond acceptors (Lipinski definition) is 5. The maximum Gasteiger partial charge on any atom is 0.220 e. The molecule has 3 rings (SSSR count). The minimum atomic E-state index is -0.00896. The van der Waals surface area contributed by atoms with E-state index < -0.39 is 0 Å². The van der Waals surface area contributed by atoms with Gasteiger partial charge in [-0.15, -0.1) is 0 Å². The monoisotopic (exact) mass is 382 g/mol. The molecule has 0 unspecified atom stereocenters. The average Bonchev–Trinajstić information content (AvgIpc) is 3.06. The molecule has 3 aromatic rings. The van der Waals surface area contributed by atoms with Crippen molar-refractivity contribution in [1.29, 1.82) is 0 Å². The van der Waals surface area contributed by atoms with E-state index >= 15 is 0 Å². The van der Waals surface area contributed by atoms with Crippen molar-refractivity contribution in [2.45, 2.75) is 40.2 Å². The van der Waals surface area contributed by atoms with E-state index in [0.29, 0.717) is 30.9 Å². The van der Waals surface area contributed by atoms with Gasteiger partial charge in [0.1, 0.15) is 0 Å². The van der Waals surface area contributed by atoms with E-state index in [1.165, 1.54) is 0 Å². The zero-order valence-corrected chi connectivity index (χ0v) is 17.0. The molecule has 0 bridgehead atoms. The largest absolute Gasteiger partial charge is 0.493 e. The highest BCUT2D eigenvalue weighted by atomic mass is 16.5. The number of aryl methyl sites for hydroxylation is 3. The third-order valence-corrected chi connectivity index (χ3v) is 4.83. The topological polar surface area (TPSA) is 77.8 Å². The van der Waals surface area contributed by atoms with Crippen molar-refractivity contribution in [3.8, 4) is 11.5 Å². The number of nitrogens with one attached hydrogen (secondary N) is 1. The molecule has 0 atom stereocenters. The summed E-state index contributed by atoms with van der Waals surface area (Å²) in [7, 11) is 3.19. The highest BCUT2D eigenvalue weighted by molar-refractivity contribution is 5.76. The van der Waals surface area contributed by atoms with Gasteiger partial charge in [0.15, 0.2) is 17.1 Å². The Morgan fingerprint density at radius 1 is 1.11 bits per heavy atom. The van der Waals surface area contributed by atoms with Crippen molar-refractivity contribution in [2.75, 3.05) is 14.2 Å². The number of aromatic nitrogens is 3. The van der Waals surface area contributed by atoms with Crippen LogP contribution < -0.4 is 14.8 Å². The third-order valence-electron chi connectivity index (χ3n) is 4.83. The second-order valence-corrected chi connectivity index (χ2v) is 6.78. The number of hydrogen-bond donors (Lipinski definition) is 1. The van der Waals surface area contributed by atoms with Gasteiger partial charge < -0.3 is 14.8 Å². The zero-order chi connectivity index (χ0) is 20.3. The molecule has 148 valence electrons. The van der Waals surface area contributed by atoms with Crippen LogP contribution in [-0.2, 0) is 17.8 Å². The maximum atomic E-state index is 12.3. The molecular formula is C21H26N4O3. The number of benzene rings is 1. The van der Waals surface area contributed by atoms with Crippen LogP contribution in [0.3, 0.4) is 0 Å². The Kier molecular flexibility index (Phi) is 5.82. The second kappa shape index (κ2) is 8.29. The second-order valence-electron chi connectivity index (χ2n) is 6.78. The molecule has 0 aliphatic carbocycles. The number of ether oxygens (including phenoxy) is 2. The smallest absolute Gasteiger partial charge is 0.220 e. The summed E-state index contributed by atoms with van der Waals surface area (Å²) in [6.07, 6.45) is 1.01. The lowest BCUT2D eigenvalue weighted by molar-refractivity contribution is -0.121. The van der Waals surface area contributed by atoms with Gasteiger partial charge in [0.2, 0.25) is 5.91 Å². The highest BCUT2D eigenvalue weighted by Gasteiger charge is 2.13. The van der Waals surface area contributed by atoms with E-state index in [4.69, 9.17) is 9.47 Å². The fourth-order valence-electron chi connectivity index (χ4n) is 3.32. The summed E-state index contributed by atoms with van der Waals surface area (Å²) in [5, 5.41) is 7.44. The SMILES string of the molecule is COc1ccc(CNC(=O)CCc2c(C)nc3cc(C)nn3c2C)cc1OC. The van der Waals surface area contributed by atoms with Crippen LogP contribution in [0.1, 0.15) is 34.6 Å². The summed E-state index contributed by atoms with van der Waals surface area (Å²) in [6.45, 7) is 6.38. The van der Waals surface area contributed by atoms with Crippen molar-refractivity contribution in [3.63, 3.8) is 0 Å². The van der Waals surface area contributed by atoms with Crippen LogP contribution in [0.25, 0.3) is 5.65 Å². The Morgan fingerprint density at radius 3 is 2.57 bits per heavy atom. The van der Waals surface area contributed by atoms with Crippen LogP contribution in [0.4, 0.5) is 0 Å². The average molecular weight is 382 g/mol. The molecule has 0 saturated heterocycles. The number of fused-ring (bicyclic) bond motifs is 1. The minimum absolute atomic E-state index is 0.00896. The van der Waals surface area contributed by atoms with Crippen molar-refractivity contribution in [1.82, 2.24) is 19.9 Å². The van der Waals surface area contributed by atoms with E-state index in [1.807, 2.05) is 49.6 Å². The molecule has 7 heteroatoms. The van der Waals surface area contributed by atoms with Gasteiger partial charge in [-0.1, -0.05) is 6.07 Å². The standard InChI is InChI=1S/C21H26N4O3/c1-13-10-20-23-14(2)17(15(3)25(20)24-13)7-9-21(26)22-12-16-6-8-18(27-4)19(11-16)28-5/h6,8,10-11H,7,9,12H2,1-5H3,(H,22,26). The van der Waals surface area contributed by atoms with Gasteiger partial charge in [0.25, 0.3) is 0 Å². The summed E-state index contributed by atoms with van der Waals surface area (Å²) in [5.41, 5.74) is 5.76. The first kappa shape index (κ1) is 19.7. The Hall–Kier alpha value is -3.09. The van der Waals surface area contributed by atoms with Gasteiger partial charge in [-0.05, 0) is 50.5 Å². The number of nitrogens with zero attached hydrogens (tertiary/aromatic N) is 3. The van der Waals surface area contributed by atoms with Crippen molar-refractivity contribution < 1.29 is 14.3 Å². The van der Waals surface area contributed by atoms with E-state index in [0.717, 1.165) is 33.9 Å². The van der Waals surface area contributed by atoms with Gasteiger partial charge >= 0.3 is 0 Å². The lowest BCUT2D eigenvalue weighted by atomic mass is 10.1. The summed E-state index contributed by atoms with van der Waals surface area (Å²) in [6, 6.07) is 7.57. The van der Waals surface area contributed by atoms with Crippen molar-refractivity contribution >= 4 is 11.6 Å². The minimum Gasteiger partial charge on any atom is -0.493 e. The van der Waals surface area contributed by atoms with E-state index in [9.17, 15) is 4.79 Å². The molecule has 2 aromatic heterocycles. The molecule has 0 spiro atoms. The van der Waals surface area contributed by atoms with Crippen molar-refractivity contribution in [2.24, 2.45) is 0 Å². The number of amides is 1. The molecule has 1 amide bonds. The fourth-order valence-corrected chi connectivity index (χ4v) is 3.32. The Labute approximate surface area is 164 Å². The fraction of sp³-hybridized carbons (Fsp3) is 0.381. The lowest BCUT2D eigenvalue weighted by Crippen LogP contribution is -2.23. The van der Waals surface area contributed by atoms with Crippen LogP contribution in [0.2, 0.25) is 0 Å². The van der Waals surface area contributed by atoms with E-state index in [1.54, 1.807) is 14.2 Å². The van der Waals surface area contributed by atoms with Crippen LogP contribution in [0.15, 0.2) is 24.3 Å². The van der Waals surface area contributed by atoms with Crippen LogP contribution in [-0.4, -0.2) is 34.7 Å². The van der Waals surface area contributed by atoms with Gasteiger partial charge in [-0.3, -0.25) is 4.79 Å². The molecule has 1 aromatic carbocycles. The van der Waals surface area contributed by atoms with Crippen LogP contribution >= 0.6 is 0 Å². The Balaban J connectivity index is 1.63. The predicted octanol–water partition coefficient (Wildman–Crippen LogP) is 2.92. The predicted molar refractivity (Wildman–Crippen MR) is 107 cm³/mol. The quantitative estimate of drug-likeness (QED) is 0.680. The number of carbonyl (C=O) groups is 1. The zero-order valence-electron chi connectivity index (χ0n) is 17.0. The summed E-state index contributed by atoms with van der Waals surface area (Å²) >= 11 is 0. The normalized spacial score (nSPS) is 10.9. The van der Waals surface area contributed by atoms with Crippen LogP contribution in [0, 0.1) is 20.8 Å². The number of methoxy groups -OCH3 is 2. The van der Waals surface area contributed by atoms with Crippen molar-refractivity contribution in [3.05, 3.63) is 52.5 Å². The first-order valence-corrected chi connectivity index (χ1v) is 9.23. The molecular weight excluding hydrogens is 356 g/mol. The molecule has 7 nitrogen and oxygen atoms in total. The number of rotatable bonds is 7. The maximum absolute atomic E-state index is 12.3. The summed E-state index contributed by atoms with van der Waals surface area (Å²) < 4.78 is 12.4. The van der Waals surface area contributed by atoms with E-state index in [-0.39, 0.29) is 5.91 Å². The summed E-state index contributed by atoms with van der Waals surface area (Å²) in [4.78, 5) is 17.0. The Bertz CT molecular complexity index is 1010. The molecule has 0 saturated carbocycles. The third kappa shape index (κ3) is 4.08. The molecule has 2 heterocycles. The molecule has 0 radical (unpaired) electrons. The van der Waals surface area contributed by atoms with Crippen LogP contribution in [0.5, 0.6) is 11.5 Å².